The summed E-state index contributed by atoms with van der Waals surface area (Å²) >= 11 is 0. The summed E-state index contributed by atoms with van der Waals surface area (Å²) in [5, 5.41) is 3.12. The summed E-state index contributed by atoms with van der Waals surface area (Å²) in [4.78, 5) is 4.08. The highest BCUT2D eigenvalue weighted by Gasteiger charge is 1.89. The molecule has 0 spiro atoms. The van der Waals surface area contributed by atoms with Crippen molar-refractivity contribution in [1.82, 2.24) is 5.32 Å². The van der Waals surface area contributed by atoms with Crippen molar-refractivity contribution in [3.8, 4) is 0 Å². The van der Waals surface area contributed by atoms with Crippen LogP contribution in [0.3, 0.4) is 0 Å². The molecule has 0 heterocycles. The third-order valence-corrected chi connectivity index (χ3v) is 1.60. The van der Waals surface area contributed by atoms with Crippen LogP contribution in [0.15, 0.2) is 4.99 Å². The monoisotopic (exact) mass is 142 g/mol. The lowest BCUT2D eigenvalue weighted by Crippen LogP contribution is -2.07. The largest absolute Gasteiger partial charge is 0.320 e. The molecule has 0 aliphatic heterocycles. The molecular weight excluding hydrogens is 124 g/mol. The Kier molecular flexibility index (Phi) is 6.50. The Morgan fingerprint density at radius 3 is 2.60 bits per heavy atom. The van der Waals surface area contributed by atoms with E-state index in [0.29, 0.717) is 0 Å². The smallest absolute Gasteiger partial charge is 0.0276 e. The molecule has 0 aliphatic carbocycles. The first kappa shape index (κ1) is 9.63. The highest BCUT2D eigenvalue weighted by molar-refractivity contribution is 5.81. The Labute approximate surface area is 63.7 Å². The molecule has 0 aromatic heterocycles. The zero-order valence-corrected chi connectivity index (χ0v) is 7.28. The van der Waals surface area contributed by atoms with Crippen LogP contribution in [0, 0.1) is 0 Å². The fraction of sp³-hybridized carbons (Fsp3) is 0.875. The molecule has 2 nitrogen and oxygen atoms in total. The number of aliphatic imine (C=N–C) groups is 1. The van der Waals surface area contributed by atoms with Crippen molar-refractivity contribution in [3.63, 3.8) is 0 Å². The Balaban J connectivity index is 3.04. The molecule has 0 saturated heterocycles. The van der Waals surface area contributed by atoms with Crippen LogP contribution in [-0.2, 0) is 0 Å². The number of nitrogens with one attached hydrogen (secondary N) is 1. The van der Waals surface area contributed by atoms with Crippen LogP contribution in [0.1, 0.15) is 26.2 Å². The predicted molar refractivity (Wildman–Crippen MR) is 46.8 cm³/mol. The van der Waals surface area contributed by atoms with Crippen molar-refractivity contribution in [2.75, 3.05) is 20.6 Å². The lowest BCUT2D eigenvalue weighted by molar-refractivity contribution is 0.692. The lowest BCUT2D eigenvalue weighted by atomic mass is 10.2. The number of unbranched alkanes of at least 4 members (excludes halogenated alkanes) is 1. The van der Waals surface area contributed by atoms with Crippen LogP contribution in [0.4, 0.5) is 0 Å². The van der Waals surface area contributed by atoms with Crippen LogP contribution in [0.2, 0.25) is 0 Å². The van der Waals surface area contributed by atoms with E-state index in [0.717, 1.165) is 13.0 Å². The first-order valence-corrected chi connectivity index (χ1v) is 3.88. The summed E-state index contributed by atoms with van der Waals surface area (Å²) in [7, 11) is 3.84. The second-order valence-corrected chi connectivity index (χ2v) is 2.52. The van der Waals surface area contributed by atoms with Gasteiger partial charge in [-0.3, -0.25) is 4.99 Å². The molecule has 60 valence electrons. The van der Waals surface area contributed by atoms with Gasteiger partial charge in [0, 0.05) is 12.8 Å². The molecule has 0 aromatic rings. The molecule has 0 unspecified atom stereocenters. The SMILES string of the molecule is CN=C(C)CCCCNC. The molecule has 0 atom stereocenters. The van der Waals surface area contributed by atoms with E-state index in [4.69, 9.17) is 0 Å². The number of hydrogen-bond acceptors (Lipinski definition) is 2. The van der Waals surface area contributed by atoms with Crippen molar-refractivity contribution in [2.45, 2.75) is 26.2 Å². The normalized spacial score (nSPS) is 12.1. The molecule has 0 radical (unpaired) electrons. The highest BCUT2D eigenvalue weighted by Crippen LogP contribution is 1.95. The molecular formula is C8H18N2. The second kappa shape index (κ2) is 6.75. The standard InChI is InChI=1S/C8H18N2/c1-8(10-3)6-4-5-7-9-2/h9H,4-7H2,1-3H3. The second-order valence-electron chi connectivity index (χ2n) is 2.52. The first-order valence-electron chi connectivity index (χ1n) is 3.88. The van der Waals surface area contributed by atoms with Crippen molar-refractivity contribution in [3.05, 3.63) is 0 Å². The summed E-state index contributed by atoms with van der Waals surface area (Å²) in [6, 6.07) is 0. The summed E-state index contributed by atoms with van der Waals surface area (Å²) in [6.45, 7) is 3.20. The quantitative estimate of drug-likeness (QED) is 0.456. The maximum absolute atomic E-state index is 4.08. The van der Waals surface area contributed by atoms with Crippen LogP contribution in [0.25, 0.3) is 0 Å². The lowest BCUT2D eigenvalue weighted by Gasteiger charge is -1.98. The van der Waals surface area contributed by atoms with Gasteiger partial charge in [-0.2, -0.15) is 0 Å². The highest BCUT2D eigenvalue weighted by atomic mass is 14.8. The maximum atomic E-state index is 4.08. The van der Waals surface area contributed by atoms with Gasteiger partial charge >= 0.3 is 0 Å². The van der Waals surface area contributed by atoms with Crippen molar-refractivity contribution >= 4 is 5.71 Å². The third kappa shape index (κ3) is 5.76. The van der Waals surface area contributed by atoms with Crippen molar-refractivity contribution < 1.29 is 0 Å². The molecule has 0 amide bonds. The average molecular weight is 142 g/mol. The minimum atomic E-state index is 1.12. The Bertz CT molecular complexity index is 97.4. The third-order valence-electron chi connectivity index (χ3n) is 1.60. The predicted octanol–water partition coefficient (Wildman–Crippen LogP) is 1.47. The van der Waals surface area contributed by atoms with Gasteiger partial charge in [0.2, 0.25) is 0 Å². The molecule has 1 N–H and O–H groups in total. The molecule has 0 fully saturated rings. The summed E-state index contributed by atoms with van der Waals surface area (Å²) in [5.41, 5.74) is 1.26. The molecule has 0 aromatic carbocycles. The molecule has 0 bridgehead atoms. The van der Waals surface area contributed by atoms with E-state index >= 15 is 0 Å². The molecule has 0 aliphatic rings. The minimum absolute atomic E-state index is 1.12. The summed E-state index contributed by atoms with van der Waals surface area (Å²) < 4.78 is 0. The van der Waals surface area contributed by atoms with Gasteiger partial charge in [-0.1, -0.05) is 0 Å². The summed E-state index contributed by atoms with van der Waals surface area (Å²) in [5.74, 6) is 0. The van der Waals surface area contributed by atoms with E-state index < -0.39 is 0 Å². The Morgan fingerprint density at radius 2 is 2.10 bits per heavy atom. The van der Waals surface area contributed by atoms with E-state index in [9.17, 15) is 0 Å². The van der Waals surface area contributed by atoms with Crippen molar-refractivity contribution in [2.24, 2.45) is 4.99 Å². The van der Waals surface area contributed by atoms with E-state index in [-0.39, 0.29) is 0 Å². The zero-order chi connectivity index (χ0) is 7.82. The number of hydrogen-bond donors (Lipinski definition) is 1. The van der Waals surface area contributed by atoms with E-state index in [2.05, 4.69) is 17.2 Å². The van der Waals surface area contributed by atoms with Crippen LogP contribution < -0.4 is 5.32 Å². The molecule has 0 rings (SSSR count). The van der Waals surface area contributed by atoms with Gasteiger partial charge in [0.25, 0.3) is 0 Å². The minimum Gasteiger partial charge on any atom is -0.320 e. The van der Waals surface area contributed by atoms with Crippen LogP contribution in [-0.4, -0.2) is 26.4 Å². The van der Waals surface area contributed by atoms with Gasteiger partial charge in [0.15, 0.2) is 0 Å². The number of rotatable bonds is 5. The van der Waals surface area contributed by atoms with Gasteiger partial charge in [0.1, 0.15) is 0 Å². The zero-order valence-electron chi connectivity index (χ0n) is 7.28. The fourth-order valence-electron chi connectivity index (χ4n) is 0.794. The molecule has 0 saturated carbocycles. The fourth-order valence-corrected chi connectivity index (χ4v) is 0.794. The van der Waals surface area contributed by atoms with Gasteiger partial charge in [-0.25, -0.2) is 0 Å². The number of nitrogens with zero attached hydrogens (tertiary/aromatic N) is 1. The van der Waals surface area contributed by atoms with Gasteiger partial charge in [-0.05, 0) is 39.8 Å². The van der Waals surface area contributed by atoms with E-state index in [1.807, 2.05) is 14.1 Å². The van der Waals surface area contributed by atoms with Gasteiger partial charge in [-0.15, -0.1) is 0 Å². The van der Waals surface area contributed by atoms with Crippen molar-refractivity contribution in [1.29, 1.82) is 0 Å². The van der Waals surface area contributed by atoms with E-state index in [1.165, 1.54) is 18.6 Å². The summed E-state index contributed by atoms with van der Waals surface area (Å²) in [6.07, 6.45) is 3.66. The molecule has 10 heavy (non-hydrogen) atoms. The van der Waals surface area contributed by atoms with E-state index in [1.54, 1.807) is 0 Å². The van der Waals surface area contributed by atoms with Crippen LogP contribution in [0.5, 0.6) is 0 Å². The Hall–Kier alpha value is -0.370. The Morgan fingerprint density at radius 1 is 1.40 bits per heavy atom. The van der Waals surface area contributed by atoms with Gasteiger partial charge < -0.3 is 5.32 Å². The maximum Gasteiger partial charge on any atom is 0.0276 e. The topological polar surface area (TPSA) is 24.4 Å². The average Bonchev–Trinajstić information content (AvgIpc) is 1.98. The molecule has 2 heteroatoms. The first-order chi connectivity index (χ1) is 4.81. The van der Waals surface area contributed by atoms with Crippen LogP contribution >= 0.6 is 0 Å². The van der Waals surface area contributed by atoms with Gasteiger partial charge in [0.05, 0.1) is 0 Å².